The van der Waals surface area contributed by atoms with E-state index < -0.39 is 18.4 Å². The van der Waals surface area contributed by atoms with Gasteiger partial charge in [0.1, 0.15) is 4.32 Å². The Bertz CT molecular complexity index is 842. The second-order valence-corrected chi connectivity index (χ2v) is 8.09. The van der Waals surface area contributed by atoms with E-state index >= 15 is 0 Å². The predicted octanol–water partition coefficient (Wildman–Crippen LogP) is 1.79. The van der Waals surface area contributed by atoms with Crippen LogP contribution in [-0.4, -0.2) is 34.7 Å². The Kier molecular flexibility index (Phi) is 4.47. The first-order valence-electron chi connectivity index (χ1n) is 7.72. The average molecular weight is 373 g/mol. The number of para-hydroxylation sites is 1. The largest absolute Gasteiger partial charge is 0.548 e. The first kappa shape index (κ1) is 17.7. The maximum absolute atomic E-state index is 12.3. The van der Waals surface area contributed by atoms with Gasteiger partial charge in [-0.05, 0) is 23.8 Å². The molecular formula is C18H17N2O3S2-. The Morgan fingerprint density at radius 3 is 2.64 bits per heavy atom. The number of thioether (sulfide) groups is 1. The van der Waals surface area contributed by atoms with Gasteiger partial charge in [0.15, 0.2) is 0 Å². The molecule has 1 fully saturated rings. The van der Waals surface area contributed by atoms with Crippen LogP contribution in [0.5, 0.6) is 0 Å². The molecule has 0 N–H and O–H groups in total. The molecule has 0 atom stereocenters. The van der Waals surface area contributed by atoms with Crippen LogP contribution in [0.25, 0.3) is 0 Å². The van der Waals surface area contributed by atoms with E-state index in [1.165, 1.54) is 5.56 Å². The third-order valence-corrected chi connectivity index (χ3v) is 5.89. The second kappa shape index (κ2) is 6.31. The molecule has 0 aromatic heterocycles. The van der Waals surface area contributed by atoms with Gasteiger partial charge < -0.3 is 14.8 Å². The Morgan fingerprint density at radius 2 is 2.00 bits per heavy atom. The van der Waals surface area contributed by atoms with Crippen LogP contribution >= 0.6 is 24.0 Å². The van der Waals surface area contributed by atoms with E-state index in [1.807, 2.05) is 25.3 Å². The number of benzene rings is 1. The number of carboxylic acid groups (broad SMARTS) is 1. The third-order valence-electron chi connectivity index (χ3n) is 4.49. The number of anilines is 1. The number of carboxylic acids is 1. The molecule has 2 heterocycles. The van der Waals surface area contributed by atoms with Crippen LogP contribution in [0, 0.1) is 0 Å². The monoisotopic (exact) mass is 373 g/mol. The van der Waals surface area contributed by atoms with Gasteiger partial charge in [-0.2, -0.15) is 0 Å². The number of hydrogen-bond donors (Lipinski definition) is 0. The van der Waals surface area contributed by atoms with E-state index in [0.29, 0.717) is 4.91 Å². The fourth-order valence-corrected chi connectivity index (χ4v) is 4.43. The molecule has 1 aromatic carbocycles. The summed E-state index contributed by atoms with van der Waals surface area (Å²) in [7, 11) is 1.99. The molecule has 0 bridgehead atoms. The zero-order valence-corrected chi connectivity index (χ0v) is 15.7. The molecule has 2 aliphatic heterocycles. The maximum Gasteiger partial charge on any atom is 0.266 e. The lowest BCUT2D eigenvalue weighted by Gasteiger charge is -2.23. The molecule has 1 amide bonds. The average Bonchev–Trinajstić information content (AvgIpc) is 2.92. The quantitative estimate of drug-likeness (QED) is 0.595. The number of allylic oxidation sites excluding steroid dienone is 3. The number of carbonyl (C=O) groups excluding carboxylic acids is 2. The van der Waals surface area contributed by atoms with Crippen LogP contribution in [-0.2, 0) is 15.0 Å². The topological polar surface area (TPSA) is 63.7 Å². The lowest BCUT2D eigenvalue weighted by atomic mass is 9.84. The zero-order valence-electron chi connectivity index (χ0n) is 14.1. The first-order chi connectivity index (χ1) is 11.7. The Labute approximate surface area is 156 Å². The Balaban J connectivity index is 1.92. The number of hydrogen-bond acceptors (Lipinski definition) is 6. The van der Waals surface area contributed by atoms with Crippen LogP contribution in [0.2, 0.25) is 0 Å². The maximum atomic E-state index is 12.3. The molecule has 7 heteroatoms. The van der Waals surface area contributed by atoms with E-state index in [2.05, 4.69) is 30.9 Å². The van der Waals surface area contributed by atoms with Crippen molar-refractivity contribution < 1.29 is 14.7 Å². The molecule has 0 saturated carbocycles. The first-order valence-corrected chi connectivity index (χ1v) is 8.95. The summed E-state index contributed by atoms with van der Waals surface area (Å²) >= 11 is 6.20. The Hall–Kier alpha value is -2.12. The Morgan fingerprint density at radius 1 is 1.32 bits per heavy atom. The van der Waals surface area contributed by atoms with Crippen LogP contribution in [0.1, 0.15) is 19.4 Å². The minimum Gasteiger partial charge on any atom is -0.548 e. The van der Waals surface area contributed by atoms with E-state index in [9.17, 15) is 14.7 Å². The fraction of sp³-hybridized carbons (Fsp3) is 0.278. The van der Waals surface area contributed by atoms with Crippen molar-refractivity contribution in [3.8, 4) is 0 Å². The molecule has 1 aromatic rings. The van der Waals surface area contributed by atoms with Gasteiger partial charge in [-0.15, -0.1) is 0 Å². The van der Waals surface area contributed by atoms with Gasteiger partial charge in [0.25, 0.3) is 5.91 Å². The molecule has 1 saturated heterocycles. The predicted molar refractivity (Wildman–Crippen MR) is 101 cm³/mol. The number of likely N-dealkylation sites (N-methyl/N-ethyl adjacent to an activating group) is 1. The molecule has 0 unspecified atom stereocenters. The summed E-state index contributed by atoms with van der Waals surface area (Å²) in [5.74, 6) is -1.73. The zero-order chi connectivity index (χ0) is 18.4. The van der Waals surface area contributed by atoms with Gasteiger partial charge in [-0.3, -0.25) is 9.69 Å². The van der Waals surface area contributed by atoms with Gasteiger partial charge in [-0.1, -0.05) is 56.0 Å². The molecular weight excluding hydrogens is 356 g/mol. The van der Waals surface area contributed by atoms with Crippen molar-refractivity contribution in [3.05, 3.63) is 52.6 Å². The van der Waals surface area contributed by atoms with Gasteiger partial charge in [0.05, 0.1) is 17.4 Å². The normalized spacial score (nSPS) is 22.2. The third kappa shape index (κ3) is 2.98. The molecule has 0 radical (unpaired) electrons. The molecule has 0 aliphatic carbocycles. The highest BCUT2D eigenvalue weighted by atomic mass is 32.2. The summed E-state index contributed by atoms with van der Waals surface area (Å²) in [6.45, 7) is 3.75. The number of aliphatic carboxylic acids is 1. The van der Waals surface area contributed by atoms with E-state index in [4.69, 9.17) is 12.2 Å². The smallest absolute Gasteiger partial charge is 0.266 e. The summed E-state index contributed by atoms with van der Waals surface area (Å²) in [4.78, 5) is 26.7. The van der Waals surface area contributed by atoms with E-state index in [-0.39, 0.29) is 9.74 Å². The lowest BCUT2D eigenvalue weighted by Crippen LogP contribution is -2.40. The highest BCUT2D eigenvalue weighted by Crippen LogP contribution is 2.46. The van der Waals surface area contributed by atoms with Crippen molar-refractivity contribution >= 4 is 45.9 Å². The lowest BCUT2D eigenvalue weighted by molar-refractivity contribution is -0.305. The molecule has 2 aliphatic rings. The molecule has 0 spiro atoms. The number of carbonyl (C=O) groups is 2. The summed E-state index contributed by atoms with van der Waals surface area (Å²) < 4.78 is 0.237. The van der Waals surface area contributed by atoms with E-state index in [1.54, 1.807) is 6.08 Å². The van der Waals surface area contributed by atoms with Crippen molar-refractivity contribution in [1.82, 2.24) is 4.90 Å². The number of nitrogens with zero attached hydrogens (tertiary/aromatic N) is 2. The summed E-state index contributed by atoms with van der Waals surface area (Å²) in [6.07, 6.45) is 3.62. The van der Waals surface area contributed by atoms with Gasteiger partial charge >= 0.3 is 0 Å². The van der Waals surface area contributed by atoms with Crippen molar-refractivity contribution in [2.24, 2.45) is 0 Å². The molecule has 5 nitrogen and oxygen atoms in total. The highest BCUT2D eigenvalue weighted by molar-refractivity contribution is 8.26. The second-order valence-electron chi connectivity index (χ2n) is 6.42. The van der Waals surface area contributed by atoms with E-state index in [0.717, 1.165) is 28.0 Å². The van der Waals surface area contributed by atoms with Crippen molar-refractivity contribution in [1.29, 1.82) is 0 Å². The van der Waals surface area contributed by atoms with Crippen LogP contribution in [0.4, 0.5) is 5.69 Å². The summed E-state index contributed by atoms with van der Waals surface area (Å²) in [5, 5.41) is 10.8. The standard InChI is InChI=1S/C18H18N2O3S2/c1-18(2)11-6-4-5-7-12(11)19(3)14(18)9-8-13-16(23)20(10-15(21)22)17(24)25-13/h4-9H,10H2,1-3H3,(H,21,22)/p-1/b13-8-,14-9-. The number of amides is 1. The summed E-state index contributed by atoms with van der Waals surface area (Å²) in [6, 6.07) is 8.19. The highest BCUT2D eigenvalue weighted by Gasteiger charge is 2.38. The minimum atomic E-state index is -1.33. The van der Waals surface area contributed by atoms with Gasteiger partial charge in [0.2, 0.25) is 0 Å². The van der Waals surface area contributed by atoms with Crippen molar-refractivity contribution in [3.63, 3.8) is 0 Å². The van der Waals surface area contributed by atoms with Crippen LogP contribution in [0.3, 0.4) is 0 Å². The minimum absolute atomic E-state index is 0.195. The molecule has 130 valence electrons. The van der Waals surface area contributed by atoms with Crippen molar-refractivity contribution in [2.45, 2.75) is 19.3 Å². The summed E-state index contributed by atoms with van der Waals surface area (Å²) in [5.41, 5.74) is 3.22. The molecule has 3 rings (SSSR count). The molecule has 25 heavy (non-hydrogen) atoms. The van der Waals surface area contributed by atoms with Gasteiger partial charge in [0, 0.05) is 23.8 Å². The number of thiocarbonyl (C=S) groups is 1. The van der Waals surface area contributed by atoms with Gasteiger partial charge in [-0.25, -0.2) is 0 Å². The SMILES string of the molecule is CN1/C(=C\C=C2/SC(=S)N(CC(=O)[O-])C2=O)C(C)(C)c2ccccc21. The fourth-order valence-electron chi connectivity index (χ4n) is 3.24. The number of rotatable bonds is 3. The number of fused-ring (bicyclic) bond motifs is 1. The van der Waals surface area contributed by atoms with Crippen molar-refractivity contribution in [2.75, 3.05) is 18.5 Å². The van der Waals surface area contributed by atoms with Crippen LogP contribution < -0.4 is 10.0 Å². The van der Waals surface area contributed by atoms with Crippen LogP contribution in [0.15, 0.2) is 47.0 Å².